The van der Waals surface area contributed by atoms with Gasteiger partial charge in [0.25, 0.3) is 0 Å². The average Bonchev–Trinajstić information content (AvgIpc) is 2.67. The van der Waals surface area contributed by atoms with Gasteiger partial charge >= 0.3 is 0 Å². The Hall–Kier alpha value is -1.62. The van der Waals surface area contributed by atoms with Crippen LogP contribution in [0.15, 0.2) is 24.8 Å². The average molecular weight is 238 g/mol. The fraction of sp³-hybridized carbons (Fsp3) is 0.300. The summed E-state index contributed by atoms with van der Waals surface area (Å²) in [5.74, 6) is 0.666. The number of hydrogen-bond donors (Lipinski definition) is 1. The Morgan fingerprint density at radius 1 is 1.50 bits per heavy atom. The molecule has 0 unspecified atom stereocenters. The van der Waals surface area contributed by atoms with Crippen molar-refractivity contribution >= 4 is 17.4 Å². The first kappa shape index (κ1) is 10.9. The minimum Gasteiger partial charge on any atom is -0.368 e. The van der Waals surface area contributed by atoms with Gasteiger partial charge in [0, 0.05) is 31.9 Å². The third-order valence-electron chi connectivity index (χ3n) is 2.26. The Morgan fingerprint density at radius 3 is 3.06 bits per heavy atom. The molecule has 0 aliphatic heterocycles. The van der Waals surface area contributed by atoms with Gasteiger partial charge in [-0.05, 0) is 6.07 Å². The molecule has 0 saturated carbocycles. The maximum Gasteiger partial charge on any atom is 0.148 e. The van der Waals surface area contributed by atoms with Crippen molar-refractivity contribution in [1.29, 1.82) is 0 Å². The Kier molecular flexibility index (Phi) is 3.36. The molecule has 6 heteroatoms. The largest absolute Gasteiger partial charge is 0.368 e. The summed E-state index contributed by atoms with van der Waals surface area (Å²) in [5.41, 5.74) is 1.16. The van der Waals surface area contributed by atoms with Crippen LogP contribution < -0.4 is 5.32 Å². The molecule has 1 N–H and O–H groups in total. The second-order valence-electron chi connectivity index (χ2n) is 3.34. The number of nitrogens with zero attached hydrogens (tertiary/aromatic N) is 4. The molecule has 0 amide bonds. The summed E-state index contributed by atoms with van der Waals surface area (Å²) in [4.78, 5) is 7.86. The molecule has 2 heterocycles. The normalized spacial score (nSPS) is 10.4. The molecular formula is C10H12ClN5. The summed E-state index contributed by atoms with van der Waals surface area (Å²) < 4.78 is 1.85. The molecular weight excluding hydrogens is 226 g/mol. The van der Waals surface area contributed by atoms with Crippen LogP contribution in [0.5, 0.6) is 0 Å². The van der Waals surface area contributed by atoms with Gasteiger partial charge in [-0.3, -0.25) is 4.68 Å². The number of hydrogen-bond acceptors (Lipinski definition) is 4. The Bertz CT molecular complexity index is 468. The van der Waals surface area contributed by atoms with Crippen molar-refractivity contribution < 1.29 is 0 Å². The van der Waals surface area contributed by atoms with Crippen molar-refractivity contribution in [3.8, 4) is 0 Å². The molecule has 0 aliphatic rings. The molecule has 16 heavy (non-hydrogen) atoms. The van der Waals surface area contributed by atoms with Crippen molar-refractivity contribution in [2.75, 3.05) is 11.9 Å². The van der Waals surface area contributed by atoms with E-state index in [0.29, 0.717) is 10.8 Å². The van der Waals surface area contributed by atoms with E-state index in [0.717, 1.165) is 18.7 Å². The molecule has 0 atom stereocenters. The van der Waals surface area contributed by atoms with Crippen LogP contribution in [0.4, 0.5) is 5.82 Å². The molecule has 0 fully saturated rings. The Morgan fingerprint density at radius 2 is 2.38 bits per heavy atom. The maximum atomic E-state index is 5.91. The van der Waals surface area contributed by atoms with Crippen LogP contribution in [0, 0.1) is 0 Å². The topological polar surface area (TPSA) is 55.6 Å². The SMILES string of the molecule is Cn1nccc1CCNc1ncncc1Cl. The number of aromatic nitrogens is 4. The Balaban J connectivity index is 1.89. The quantitative estimate of drug-likeness (QED) is 0.876. The highest BCUT2D eigenvalue weighted by Gasteiger charge is 2.01. The van der Waals surface area contributed by atoms with Gasteiger partial charge < -0.3 is 5.32 Å². The van der Waals surface area contributed by atoms with Crippen molar-refractivity contribution in [3.63, 3.8) is 0 Å². The smallest absolute Gasteiger partial charge is 0.148 e. The lowest BCUT2D eigenvalue weighted by Gasteiger charge is -2.06. The van der Waals surface area contributed by atoms with Gasteiger partial charge in [0.15, 0.2) is 0 Å². The van der Waals surface area contributed by atoms with Crippen molar-refractivity contribution in [1.82, 2.24) is 19.7 Å². The van der Waals surface area contributed by atoms with E-state index in [-0.39, 0.29) is 0 Å². The molecule has 5 nitrogen and oxygen atoms in total. The molecule has 0 aliphatic carbocycles. The monoisotopic (exact) mass is 237 g/mol. The predicted molar refractivity (Wildman–Crippen MR) is 62.4 cm³/mol. The van der Waals surface area contributed by atoms with Crippen LogP contribution >= 0.6 is 11.6 Å². The molecule has 84 valence electrons. The number of rotatable bonds is 4. The van der Waals surface area contributed by atoms with Crippen LogP contribution in [-0.4, -0.2) is 26.3 Å². The number of nitrogens with one attached hydrogen (secondary N) is 1. The first-order chi connectivity index (χ1) is 7.77. The zero-order chi connectivity index (χ0) is 11.4. The minimum atomic E-state index is 0.535. The van der Waals surface area contributed by atoms with Gasteiger partial charge in [-0.15, -0.1) is 0 Å². The summed E-state index contributed by atoms with van der Waals surface area (Å²) in [6.07, 6.45) is 5.70. The maximum absolute atomic E-state index is 5.91. The number of halogens is 1. The van der Waals surface area contributed by atoms with E-state index < -0.39 is 0 Å². The lowest BCUT2D eigenvalue weighted by atomic mass is 10.3. The van der Waals surface area contributed by atoms with E-state index in [1.165, 1.54) is 6.33 Å². The second-order valence-corrected chi connectivity index (χ2v) is 3.75. The minimum absolute atomic E-state index is 0.535. The van der Waals surface area contributed by atoms with Crippen molar-refractivity contribution in [2.45, 2.75) is 6.42 Å². The van der Waals surface area contributed by atoms with Crippen LogP contribution in [0.1, 0.15) is 5.69 Å². The van der Waals surface area contributed by atoms with Gasteiger partial charge in [-0.25, -0.2) is 9.97 Å². The Labute approximate surface area is 98.5 Å². The van der Waals surface area contributed by atoms with Crippen molar-refractivity contribution in [2.24, 2.45) is 7.05 Å². The lowest BCUT2D eigenvalue weighted by Crippen LogP contribution is -2.09. The summed E-state index contributed by atoms with van der Waals surface area (Å²) in [7, 11) is 1.92. The highest BCUT2D eigenvalue weighted by atomic mass is 35.5. The summed E-state index contributed by atoms with van der Waals surface area (Å²) in [6.45, 7) is 0.760. The summed E-state index contributed by atoms with van der Waals surface area (Å²) >= 11 is 5.91. The van der Waals surface area contributed by atoms with Crippen molar-refractivity contribution in [3.05, 3.63) is 35.5 Å². The third kappa shape index (κ3) is 2.49. The first-order valence-corrected chi connectivity index (χ1v) is 5.31. The highest BCUT2D eigenvalue weighted by molar-refractivity contribution is 6.32. The zero-order valence-electron chi connectivity index (χ0n) is 8.89. The van der Waals surface area contributed by atoms with Gasteiger partial charge in [0.2, 0.25) is 0 Å². The van der Waals surface area contributed by atoms with E-state index in [2.05, 4.69) is 20.4 Å². The van der Waals surface area contributed by atoms with E-state index in [1.807, 2.05) is 17.8 Å². The highest BCUT2D eigenvalue weighted by Crippen LogP contribution is 2.15. The van der Waals surface area contributed by atoms with Crippen LogP contribution in [0.2, 0.25) is 5.02 Å². The van der Waals surface area contributed by atoms with Crippen LogP contribution in [-0.2, 0) is 13.5 Å². The molecule has 0 bridgehead atoms. The van der Waals surface area contributed by atoms with Gasteiger partial charge in [0.05, 0.1) is 6.20 Å². The lowest BCUT2D eigenvalue weighted by molar-refractivity contribution is 0.711. The third-order valence-corrected chi connectivity index (χ3v) is 2.54. The van der Waals surface area contributed by atoms with Crippen LogP contribution in [0.3, 0.4) is 0 Å². The fourth-order valence-corrected chi connectivity index (χ4v) is 1.57. The zero-order valence-corrected chi connectivity index (χ0v) is 9.65. The van der Waals surface area contributed by atoms with E-state index in [4.69, 9.17) is 11.6 Å². The summed E-state index contributed by atoms with van der Waals surface area (Å²) in [6, 6.07) is 1.99. The van der Waals surface area contributed by atoms with Gasteiger partial charge in [-0.1, -0.05) is 11.6 Å². The molecule has 0 spiro atoms. The van der Waals surface area contributed by atoms with Gasteiger partial charge in [0.1, 0.15) is 17.2 Å². The molecule has 2 aromatic heterocycles. The number of aryl methyl sites for hydroxylation is 1. The van der Waals surface area contributed by atoms with Crippen LogP contribution in [0.25, 0.3) is 0 Å². The standard InChI is InChI=1S/C10H12ClN5/c1-16-8(3-5-15-16)2-4-13-10-9(11)6-12-7-14-10/h3,5-7H,2,4H2,1H3,(H,12,13,14). The van der Waals surface area contributed by atoms with E-state index >= 15 is 0 Å². The fourth-order valence-electron chi connectivity index (χ4n) is 1.40. The van der Waals surface area contributed by atoms with Gasteiger partial charge in [-0.2, -0.15) is 5.10 Å². The molecule has 0 saturated heterocycles. The predicted octanol–water partition coefficient (Wildman–Crippen LogP) is 1.52. The summed E-state index contributed by atoms with van der Waals surface area (Å²) in [5, 5.41) is 7.79. The molecule has 0 radical (unpaired) electrons. The molecule has 0 aromatic carbocycles. The molecule has 2 aromatic rings. The first-order valence-electron chi connectivity index (χ1n) is 4.93. The number of anilines is 1. The molecule has 2 rings (SSSR count). The second kappa shape index (κ2) is 4.94. The van der Waals surface area contributed by atoms with E-state index in [9.17, 15) is 0 Å². The van der Waals surface area contributed by atoms with E-state index in [1.54, 1.807) is 12.4 Å².